The first-order valence-corrected chi connectivity index (χ1v) is 9.90. The Labute approximate surface area is 164 Å². The molecule has 1 atom stereocenters. The average Bonchev–Trinajstić information content (AvgIpc) is 3.23. The van der Waals surface area contributed by atoms with E-state index in [1.54, 1.807) is 18.5 Å². The molecule has 0 saturated carbocycles. The maximum Gasteiger partial charge on any atom is 0.166 e. The summed E-state index contributed by atoms with van der Waals surface area (Å²) in [7, 11) is 0. The quantitative estimate of drug-likeness (QED) is 0.800. The van der Waals surface area contributed by atoms with Crippen LogP contribution in [-0.4, -0.2) is 53.1 Å². The molecule has 28 heavy (non-hydrogen) atoms. The number of nitrogens with zero attached hydrogens (tertiary/aromatic N) is 4. The average molecular weight is 384 g/mol. The molecule has 2 aliphatic heterocycles. The zero-order valence-electron chi connectivity index (χ0n) is 15.8. The number of anilines is 2. The summed E-state index contributed by atoms with van der Waals surface area (Å²) < 4.78 is 13.1. The van der Waals surface area contributed by atoms with Crippen molar-refractivity contribution in [2.75, 3.05) is 36.0 Å². The van der Waals surface area contributed by atoms with Gasteiger partial charge in [-0.05, 0) is 49.9 Å². The van der Waals surface area contributed by atoms with Crippen LogP contribution in [0.5, 0.6) is 0 Å². The van der Waals surface area contributed by atoms with Gasteiger partial charge in [-0.1, -0.05) is 0 Å². The highest BCUT2D eigenvalue weighted by molar-refractivity contribution is 5.97. The Morgan fingerprint density at radius 1 is 1.07 bits per heavy atom. The first kappa shape index (κ1) is 18.8. The van der Waals surface area contributed by atoms with Gasteiger partial charge in [-0.25, -0.2) is 14.4 Å². The lowest BCUT2D eigenvalue weighted by atomic mass is 9.89. The standard InChI is InChI=1S/C21H25FN4O2/c22-17-5-3-15(4-6-17)21(28)16-7-10-25(11-8-16)19-12-20(24-14-23-19)26-9-1-2-18(26)13-27/h3-6,12,14,16,18,27H,1-2,7-11,13H2. The van der Waals surface area contributed by atoms with Crippen LogP contribution in [0, 0.1) is 11.7 Å². The van der Waals surface area contributed by atoms with Crippen LogP contribution >= 0.6 is 0 Å². The fraction of sp³-hybridized carbons (Fsp3) is 0.476. The van der Waals surface area contributed by atoms with E-state index in [0.29, 0.717) is 5.56 Å². The van der Waals surface area contributed by atoms with Crippen molar-refractivity contribution in [3.63, 3.8) is 0 Å². The minimum Gasteiger partial charge on any atom is -0.394 e. The van der Waals surface area contributed by atoms with Crippen molar-refractivity contribution in [2.45, 2.75) is 31.7 Å². The second-order valence-corrected chi connectivity index (χ2v) is 7.54. The maximum absolute atomic E-state index is 13.1. The van der Waals surface area contributed by atoms with Crippen LogP contribution in [0.25, 0.3) is 0 Å². The van der Waals surface area contributed by atoms with E-state index in [-0.39, 0.29) is 30.2 Å². The van der Waals surface area contributed by atoms with Gasteiger partial charge in [-0.3, -0.25) is 4.79 Å². The minimum atomic E-state index is -0.327. The van der Waals surface area contributed by atoms with E-state index in [0.717, 1.165) is 57.0 Å². The van der Waals surface area contributed by atoms with Gasteiger partial charge in [0.05, 0.1) is 12.6 Å². The second-order valence-electron chi connectivity index (χ2n) is 7.54. The minimum absolute atomic E-state index is 0.0413. The third-order valence-electron chi connectivity index (χ3n) is 5.84. The van der Waals surface area contributed by atoms with Gasteiger partial charge in [0, 0.05) is 37.2 Å². The maximum atomic E-state index is 13.1. The van der Waals surface area contributed by atoms with E-state index in [9.17, 15) is 14.3 Å². The molecule has 7 heteroatoms. The Morgan fingerprint density at radius 3 is 2.50 bits per heavy atom. The van der Waals surface area contributed by atoms with E-state index in [4.69, 9.17) is 0 Å². The third kappa shape index (κ3) is 3.85. The Hall–Kier alpha value is -2.54. The van der Waals surface area contributed by atoms with E-state index in [2.05, 4.69) is 19.8 Å². The second kappa shape index (κ2) is 8.22. The molecular weight excluding hydrogens is 359 g/mol. The summed E-state index contributed by atoms with van der Waals surface area (Å²) in [5.41, 5.74) is 0.577. The summed E-state index contributed by atoms with van der Waals surface area (Å²) in [6, 6.07) is 7.91. The van der Waals surface area contributed by atoms with Gasteiger partial charge in [-0.15, -0.1) is 0 Å². The number of benzene rings is 1. The van der Waals surface area contributed by atoms with E-state index < -0.39 is 0 Å². The fourth-order valence-corrected chi connectivity index (χ4v) is 4.21. The highest BCUT2D eigenvalue weighted by Gasteiger charge is 2.28. The predicted molar refractivity (Wildman–Crippen MR) is 105 cm³/mol. The molecule has 6 nitrogen and oxygen atoms in total. The summed E-state index contributed by atoms with van der Waals surface area (Å²) in [5.74, 6) is 1.44. The monoisotopic (exact) mass is 384 g/mol. The van der Waals surface area contributed by atoms with E-state index >= 15 is 0 Å². The van der Waals surface area contributed by atoms with Crippen LogP contribution in [0.2, 0.25) is 0 Å². The van der Waals surface area contributed by atoms with Crippen molar-refractivity contribution in [3.8, 4) is 0 Å². The number of ketones is 1. The summed E-state index contributed by atoms with van der Waals surface area (Å²) in [6.45, 7) is 2.53. The zero-order valence-corrected chi connectivity index (χ0v) is 15.8. The summed E-state index contributed by atoms with van der Waals surface area (Å²) in [6.07, 6.45) is 5.11. The molecule has 0 spiro atoms. The topological polar surface area (TPSA) is 69.6 Å². The molecule has 1 unspecified atom stereocenters. The number of halogens is 1. The summed E-state index contributed by atoms with van der Waals surface area (Å²) >= 11 is 0. The van der Waals surface area contributed by atoms with Crippen molar-refractivity contribution in [1.82, 2.24) is 9.97 Å². The van der Waals surface area contributed by atoms with E-state index in [1.807, 2.05) is 6.07 Å². The lowest BCUT2D eigenvalue weighted by Crippen LogP contribution is -2.37. The fourth-order valence-electron chi connectivity index (χ4n) is 4.21. The van der Waals surface area contributed by atoms with Gasteiger partial charge in [0.2, 0.25) is 0 Å². The molecule has 2 aromatic rings. The van der Waals surface area contributed by atoms with Crippen molar-refractivity contribution < 1.29 is 14.3 Å². The molecule has 2 saturated heterocycles. The van der Waals surface area contributed by atoms with Crippen molar-refractivity contribution >= 4 is 17.4 Å². The smallest absolute Gasteiger partial charge is 0.166 e. The van der Waals surface area contributed by atoms with Gasteiger partial charge < -0.3 is 14.9 Å². The number of rotatable bonds is 5. The van der Waals surface area contributed by atoms with Crippen molar-refractivity contribution in [3.05, 3.63) is 48.0 Å². The van der Waals surface area contributed by atoms with Crippen molar-refractivity contribution in [1.29, 1.82) is 0 Å². The number of piperidine rings is 1. The number of aliphatic hydroxyl groups excluding tert-OH is 1. The van der Waals surface area contributed by atoms with Crippen LogP contribution < -0.4 is 9.80 Å². The van der Waals surface area contributed by atoms with E-state index in [1.165, 1.54) is 12.1 Å². The van der Waals surface area contributed by atoms with Crippen LogP contribution in [-0.2, 0) is 0 Å². The molecule has 0 radical (unpaired) electrons. The molecule has 0 amide bonds. The Kier molecular flexibility index (Phi) is 5.52. The van der Waals surface area contributed by atoms with Gasteiger partial charge in [0.15, 0.2) is 5.78 Å². The Balaban J connectivity index is 1.40. The van der Waals surface area contributed by atoms with Crippen LogP contribution in [0.3, 0.4) is 0 Å². The zero-order chi connectivity index (χ0) is 19.5. The van der Waals surface area contributed by atoms with Gasteiger partial charge in [-0.2, -0.15) is 0 Å². The molecule has 2 aliphatic rings. The molecule has 148 valence electrons. The lowest BCUT2D eigenvalue weighted by Gasteiger charge is -2.33. The lowest BCUT2D eigenvalue weighted by molar-refractivity contribution is 0.0900. The molecule has 0 aliphatic carbocycles. The highest BCUT2D eigenvalue weighted by Crippen LogP contribution is 2.28. The molecule has 2 fully saturated rings. The number of hydrogen-bond donors (Lipinski definition) is 1. The predicted octanol–water partition coefficient (Wildman–Crippen LogP) is 2.68. The highest BCUT2D eigenvalue weighted by atomic mass is 19.1. The van der Waals surface area contributed by atoms with Gasteiger partial charge in [0.1, 0.15) is 23.8 Å². The number of hydrogen-bond acceptors (Lipinski definition) is 6. The van der Waals surface area contributed by atoms with Gasteiger partial charge >= 0.3 is 0 Å². The normalized spacial score (nSPS) is 20.6. The first-order chi connectivity index (χ1) is 13.7. The largest absolute Gasteiger partial charge is 0.394 e. The van der Waals surface area contributed by atoms with Crippen molar-refractivity contribution in [2.24, 2.45) is 5.92 Å². The molecule has 0 bridgehead atoms. The van der Waals surface area contributed by atoms with Gasteiger partial charge in [0.25, 0.3) is 0 Å². The molecule has 1 N–H and O–H groups in total. The molecular formula is C21H25FN4O2. The summed E-state index contributed by atoms with van der Waals surface area (Å²) in [4.78, 5) is 25.8. The number of aliphatic hydroxyl groups is 1. The number of aromatic nitrogens is 2. The third-order valence-corrected chi connectivity index (χ3v) is 5.84. The first-order valence-electron chi connectivity index (χ1n) is 9.90. The Morgan fingerprint density at radius 2 is 1.79 bits per heavy atom. The molecule has 3 heterocycles. The molecule has 1 aromatic carbocycles. The SMILES string of the molecule is O=C(c1ccc(F)cc1)C1CCN(c2cc(N3CCCC3CO)ncn2)CC1. The number of carbonyl (C=O) groups is 1. The molecule has 1 aromatic heterocycles. The van der Waals surface area contributed by atoms with Crippen LogP contribution in [0.1, 0.15) is 36.0 Å². The molecule has 4 rings (SSSR count). The van der Waals surface area contributed by atoms with Crippen LogP contribution in [0.4, 0.5) is 16.0 Å². The number of carbonyl (C=O) groups excluding carboxylic acids is 1. The number of Topliss-reactive ketones (excluding diaryl/α,β-unsaturated/α-hetero) is 1. The van der Waals surface area contributed by atoms with Crippen LogP contribution in [0.15, 0.2) is 36.7 Å². The summed E-state index contributed by atoms with van der Waals surface area (Å²) in [5, 5.41) is 9.56. The Bertz CT molecular complexity index is 821.